The van der Waals surface area contributed by atoms with Gasteiger partial charge in [-0.25, -0.2) is 4.79 Å². The van der Waals surface area contributed by atoms with Gasteiger partial charge < -0.3 is 29.9 Å². The summed E-state index contributed by atoms with van der Waals surface area (Å²) in [4.78, 5) is 43.0. The van der Waals surface area contributed by atoms with Crippen molar-refractivity contribution in [3.8, 4) is 17.2 Å². The summed E-state index contributed by atoms with van der Waals surface area (Å²) in [5.74, 6) is 0.123. The van der Waals surface area contributed by atoms with E-state index in [9.17, 15) is 24.6 Å². The molecule has 3 aliphatic rings. The number of carbonyl (C=O) groups is 3. The lowest BCUT2D eigenvalue weighted by molar-refractivity contribution is -0.166. The molecular weight excluding hydrogens is 562 g/mol. The van der Waals surface area contributed by atoms with Crippen molar-refractivity contribution in [1.82, 2.24) is 15.1 Å². The van der Waals surface area contributed by atoms with Gasteiger partial charge in [-0.15, -0.1) is 0 Å². The Morgan fingerprint density at radius 2 is 1.75 bits per heavy atom. The summed E-state index contributed by atoms with van der Waals surface area (Å²) in [6.07, 6.45) is 7.07. The molecule has 3 fully saturated rings. The van der Waals surface area contributed by atoms with Crippen molar-refractivity contribution in [2.45, 2.75) is 88.9 Å². The third-order valence-corrected chi connectivity index (χ3v) is 9.62. The van der Waals surface area contributed by atoms with E-state index < -0.39 is 23.7 Å². The molecule has 5 rings (SSSR count). The minimum atomic E-state index is -1.04. The summed E-state index contributed by atoms with van der Waals surface area (Å²) < 4.78 is 11.3. The Morgan fingerprint density at radius 1 is 1.05 bits per heavy atom. The molecule has 2 heterocycles. The molecule has 1 unspecified atom stereocenters. The van der Waals surface area contributed by atoms with Crippen LogP contribution in [0, 0.1) is 5.92 Å². The van der Waals surface area contributed by atoms with Gasteiger partial charge in [-0.3, -0.25) is 14.5 Å². The number of rotatable bonds is 11. The van der Waals surface area contributed by atoms with Crippen LogP contribution in [0.15, 0.2) is 42.5 Å². The fraction of sp³-hybridized carbons (Fsp3) is 0.559. The standard InChI is InChI=1S/C34H45N3O7/c1-3-4-18-37-31(39)29(30(38)24-8-6-5-7-9-24)35-33(42)34(37)16-19-36(20-17-34)22-23-10-13-26(14-11-23)44-27-15-12-25(32(40)41)21-28(27)43-2/h10-15,21,24,29-30,38H,3-9,16-20,22H2,1-2H3,(H,35,42)(H,40,41)/t29-,30?/m1/s1. The highest BCUT2D eigenvalue weighted by Gasteiger charge is 2.55. The van der Waals surface area contributed by atoms with Crippen LogP contribution in [-0.2, 0) is 16.1 Å². The maximum Gasteiger partial charge on any atom is 0.335 e. The number of nitrogens with one attached hydrogen (secondary N) is 1. The number of carboxylic acids is 1. The second kappa shape index (κ2) is 14.0. The molecule has 2 atom stereocenters. The van der Waals surface area contributed by atoms with Gasteiger partial charge in [-0.1, -0.05) is 44.7 Å². The van der Waals surface area contributed by atoms with Crippen molar-refractivity contribution in [3.63, 3.8) is 0 Å². The number of methoxy groups -OCH3 is 1. The molecule has 2 aromatic carbocycles. The van der Waals surface area contributed by atoms with Crippen molar-refractivity contribution in [1.29, 1.82) is 0 Å². The Bertz CT molecular complexity index is 1320. The van der Waals surface area contributed by atoms with Crippen molar-refractivity contribution < 1.29 is 34.1 Å². The van der Waals surface area contributed by atoms with E-state index >= 15 is 0 Å². The van der Waals surface area contributed by atoms with Gasteiger partial charge >= 0.3 is 5.97 Å². The highest BCUT2D eigenvalue weighted by molar-refractivity contribution is 6.00. The Balaban J connectivity index is 1.21. The minimum absolute atomic E-state index is 0.0539. The zero-order valence-electron chi connectivity index (χ0n) is 25.8. The summed E-state index contributed by atoms with van der Waals surface area (Å²) in [7, 11) is 1.47. The van der Waals surface area contributed by atoms with Gasteiger partial charge in [0.2, 0.25) is 11.8 Å². The fourth-order valence-electron chi connectivity index (χ4n) is 6.97. The van der Waals surface area contributed by atoms with Crippen LogP contribution in [0.2, 0.25) is 0 Å². The number of piperazine rings is 1. The number of likely N-dealkylation sites (tertiary alicyclic amines) is 1. The second-order valence-corrected chi connectivity index (χ2v) is 12.4. The molecule has 2 aromatic rings. The normalized spacial score (nSPS) is 21.6. The van der Waals surface area contributed by atoms with Crippen LogP contribution >= 0.6 is 0 Å². The summed E-state index contributed by atoms with van der Waals surface area (Å²) in [6, 6.07) is 11.3. The van der Waals surface area contributed by atoms with E-state index in [1.807, 2.05) is 29.2 Å². The Hall–Kier alpha value is -3.63. The van der Waals surface area contributed by atoms with Crippen molar-refractivity contribution >= 4 is 17.8 Å². The fourth-order valence-corrected chi connectivity index (χ4v) is 6.97. The number of aliphatic hydroxyl groups excluding tert-OH is 1. The first-order chi connectivity index (χ1) is 21.3. The molecule has 1 spiro atoms. The largest absolute Gasteiger partial charge is 0.493 e. The van der Waals surface area contributed by atoms with Gasteiger partial charge in [0, 0.05) is 26.2 Å². The zero-order chi connectivity index (χ0) is 31.3. The maximum atomic E-state index is 13.8. The number of benzene rings is 2. The van der Waals surface area contributed by atoms with Crippen LogP contribution in [0.4, 0.5) is 0 Å². The number of hydrogen-bond donors (Lipinski definition) is 3. The second-order valence-electron chi connectivity index (χ2n) is 12.4. The molecule has 0 bridgehead atoms. The first-order valence-corrected chi connectivity index (χ1v) is 16.0. The van der Waals surface area contributed by atoms with Gasteiger partial charge in [0.15, 0.2) is 11.5 Å². The SMILES string of the molecule is CCCCN1C(=O)[C@@H](C(O)C2CCCCC2)NC(=O)C12CCN(Cc1ccc(Oc3ccc(C(=O)O)cc3OC)cc1)CC2. The van der Waals surface area contributed by atoms with Gasteiger partial charge in [0.05, 0.1) is 18.8 Å². The van der Waals surface area contributed by atoms with Crippen molar-refractivity contribution in [3.05, 3.63) is 53.6 Å². The van der Waals surface area contributed by atoms with Crippen LogP contribution in [0.5, 0.6) is 17.2 Å². The summed E-state index contributed by atoms with van der Waals surface area (Å²) in [5.41, 5.74) is 0.329. The zero-order valence-corrected chi connectivity index (χ0v) is 25.8. The molecule has 1 aliphatic carbocycles. The van der Waals surface area contributed by atoms with Crippen LogP contribution in [0.1, 0.15) is 80.6 Å². The van der Waals surface area contributed by atoms with Crippen molar-refractivity contribution in [2.75, 3.05) is 26.7 Å². The van der Waals surface area contributed by atoms with Gasteiger partial charge in [0.1, 0.15) is 17.3 Å². The van der Waals surface area contributed by atoms with E-state index in [1.165, 1.54) is 19.2 Å². The van der Waals surface area contributed by atoms with E-state index in [2.05, 4.69) is 17.1 Å². The summed E-state index contributed by atoms with van der Waals surface area (Å²) in [6.45, 7) is 4.65. The van der Waals surface area contributed by atoms with E-state index in [0.717, 1.165) is 50.5 Å². The number of ether oxygens (including phenoxy) is 2. The quantitative estimate of drug-likeness (QED) is 0.339. The molecule has 44 heavy (non-hydrogen) atoms. The van der Waals surface area contributed by atoms with E-state index in [0.29, 0.717) is 56.3 Å². The number of hydrogen-bond acceptors (Lipinski definition) is 7. The highest BCUT2D eigenvalue weighted by atomic mass is 16.5. The molecule has 0 radical (unpaired) electrons. The molecule has 2 amide bonds. The minimum Gasteiger partial charge on any atom is -0.493 e. The lowest BCUT2D eigenvalue weighted by Crippen LogP contribution is -2.75. The van der Waals surface area contributed by atoms with Gasteiger partial charge in [0.25, 0.3) is 0 Å². The highest BCUT2D eigenvalue weighted by Crippen LogP contribution is 2.37. The van der Waals surface area contributed by atoms with Crippen LogP contribution in [-0.4, -0.2) is 82.2 Å². The molecule has 3 N–H and O–H groups in total. The molecule has 10 nitrogen and oxygen atoms in total. The maximum absolute atomic E-state index is 13.8. The third-order valence-electron chi connectivity index (χ3n) is 9.62. The summed E-state index contributed by atoms with van der Waals surface area (Å²) in [5, 5.41) is 23.4. The number of aliphatic hydroxyl groups is 1. The summed E-state index contributed by atoms with van der Waals surface area (Å²) >= 11 is 0. The van der Waals surface area contributed by atoms with E-state index in [1.54, 1.807) is 6.07 Å². The number of piperidine rings is 1. The molecule has 10 heteroatoms. The van der Waals surface area contributed by atoms with Gasteiger partial charge in [-0.2, -0.15) is 0 Å². The monoisotopic (exact) mass is 607 g/mol. The number of amides is 2. The Morgan fingerprint density at radius 3 is 2.39 bits per heavy atom. The number of carboxylic acid groups (broad SMARTS) is 1. The molecule has 1 saturated carbocycles. The average molecular weight is 608 g/mol. The van der Waals surface area contributed by atoms with Crippen LogP contribution in [0.3, 0.4) is 0 Å². The lowest BCUT2D eigenvalue weighted by atomic mass is 9.78. The first-order valence-electron chi connectivity index (χ1n) is 16.0. The predicted molar refractivity (Wildman–Crippen MR) is 165 cm³/mol. The van der Waals surface area contributed by atoms with E-state index in [4.69, 9.17) is 9.47 Å². The molecular formula is C34H45N3O7. The van der Waals surface area contributed by atoms with Crippen LogP contribution < -0.4 is 14.8 Å². The smallest absolute Gasteiger partial charge is 0.335 e. The Labute approximate surface area is 259 Å². The topological polar surface area (TPSA) is 129 Å². The number of nitrogens with zero attached hydrogens (tertiary/aromatic N) is 2. The van der Waals surface area contributed by atoms with Gasteiger partial charge in [-0.05, 0) is 73.9 Å². The molecule has 2 aliphatic heterocycles. The lowest BCUT2D eigenvalue weighted by Gasteiger charge is -2.52. The molecule has 2 saturated heterocycles. The van der Waals surface area contributed by atoms with E-state index in [-0.39, 0.29) is 23.3 Å². The molecule has 0 aromatic heterocycles. The first kappa shape index (κ1) is 31.8. The number of carbonyl (C=O) groups excluding carboxylic acids is 2. The molecule has 238 valence electrons. The number of aromatic carboxylic acids is 1. The predicted octanol–water partition coefficient (Wildman–Crippen LogP) is 4.59. The Kier molecular flexibility index (Phi) is 10.1. The van der Waals surface area contributed by atoms with Crippen molar-refractivity contribution in [2.24, 2.45) is 5.92 Å². The third kappa shape index (κ3) is 6.71. The van der Waals surface area contributed by atoms with Crippen LogP contribution in [0.25, 0.3) is 0 Å². The average Bonchev–Trinajstić information content (AvgIpc) is 3.05. The number of unbranched alkanes of at least 4 members (excludes halogenated alkanes) is 1.